The van der Waals surface area contributed by atoms with Gasteiger partial charge in [-0.05, 0) is 6.07 Å². The summed E-state index contributed by atoms with van der Waals surface area (Å²) in [7, 11) is 1.78. The second-order valence-electron chi connectivity index (χ2n) is 1.77. The predicted molar refractivity (Wildman–Crippen MR) is 35.1 cm³/mol. The highest BCUT2D eigenvalue weighted by Crippen LogP contribution is 2.10. The molecule has 0 atom stereocenters. The van der Waals surface area contributed by atoms with E-state index in [9.17, 15) is 0 Å². The number of hydrogen-bond acceptors (Lipinski definition) is 1. The van der Waals surface area contributed by atoms with E-state index in [2.05, 4.69) is 0 Å². The largest absolute Gasteiger partial charge is 0.341 e. The fraction of sp³-hybridized carbons (Fsp3) is 0.167. The zero-order valence-corrected chi connectivity index (χ0v) is 5.68. The molecule has 9 heavy (non-hydrogen) atoms. The van der Waals surface area contributed by atoms with Crippen LogP contribution in [0.1, 0.15) is 5.69 Å². The van der Waals surface area contributed by atoms with Crippen molar-refractivity contribution >= 4 is 11.6 Å². The Kier molecular flexibility index (Phi) is 1.46. The number of aryl methyl sites for hydroxylation is 1. The summed E-state index contributed by atoms with van der Waals surface area (Å²) >= 11 is 5.57. The Bertz CT molecular complexity index is 257. The lowest BCUT2D eigenvalue weighted by Crippen LogP contribution is -1.86. The van der Waals surface area contributed by atoms with Crippen LogP contribution in [0.15, 0.2) is 12.3 Å². The van der Waals surface area contributed by atoms with Crippen LogP contribution in [0.2, 0.25) is 5.02 Å². The molecule has 0 aliphatic heterocycles. The lowest BCUT2D eigenvalue weighted by molar-refractivity contribution is 0.908. The van der Waals surface area contributed by atoms with Crippen molar-refractivity contribution in [2.75, 3.05) is 0 Å². The minimum Gasteiger partial charge on any atom is -0.341 e. The molecule has 1 heterocycles. The SMILES string of the molecule is Cn1cc(Cl)cc1C#N. The third-order valence-corrected chi connectivity index (χ3v) is 1.29. The highest BCUT2D eigenvalue weighted by atomic mass is 35.5. The molecule has 0 unspecified atom stereocenters. The van der Waals surface area contributed by atoms with Gasteiger partial charge in [0, 0.05) is 13.2 Å². The fourth-order valence-electron chi connectivity index (χ4n) is 0.635. The van der Waals surface area contributed by atoms with Crippen molar-refractivity contribution in [3.63, 3.8) is 0 Å². The van der Waals surface area contributed by atoms with E-state index >= 15 is 0 Å². The summed E-state index contributed by atoms with van der Waals surface area (Å²) in [6, 6.07) is 3.62. The van der Waals surface area contributed by atoms with Gasteiger partial charge in [0.25, 0.3) is 0 Å². The van der Waals surface area contributed by atoms with Gasteiger partial charge < -0.3 is 4.57 Å². The average molecular weight is 141 g/mol. The minimum absolute atomic E-state index is 0.583. The number of hydrogen-bond donors (Lipinski definition) is 0. The number of nitrogens with zero attached hydrogens (tertiary/aromatic N) is 2. The molecule has 0 N–H and O–H groups in total. The molecule has 0 fully saturated rings. The lowest BCUT2D eigenvalue weighted by Gasteiger charge is -1.86. The molecule has 0 bridgehead atoms. The Morgan fingerprint density at radius 3 is 2.67 bits per heavy atom. The monoisotopic (exact) mass is 140 g/mol. The molecule has 0 amide bonds. The van der Waals surface area contributed by atoms with Crippen molar-refractivity contribution in [1.82, 2.24) is 4.57 Å². The molecular weight excluding hydrogens is 136 g/mol. The van der Waals surface area contributed by atoms with Gasteiger partial charge in [-0.2, -0.15) is 5.26 Å². The zero-order valence-electron chi connectivity index (χ0n) is 4.93. The van der Waals surface area contributed by atoms with E-state index in [1.54, 1.807) is 23.9 Å². The van der Waals surface area contributed by atoms with E-state index in [4.69, 9.17) is 16.9 Å². The molecule has 0 radical (unpaired) electrons. The van der Waals surface area contributed by atoms with E-state index in [0.717, 1.165) is 0 Å². The van der Waals surface area contributed by atoms with Gasteiger partial charge in [-0.25, -0.2) is 0 Å². The summed E-state index contributed by atoms with van der Waals surface area (Å²) < 4.78 is 1.68. The van der Waals surface area contributed by atoms with Crippen LogP contribution in [0.4, 0.5) is 0 Å². The first kappa shape index (κ1) is 6.18. The molecule has 0 saturated carbocycles. The Morgan fingerprint density at radius 2 is 2.44 bits per heavy atom. The summed E-state index contributed by atoms with van der Waals surface area (Å²) in [6.45, 7) is 0. The number of aromatic nitrogens is 1. The average Bonchev–Trinajstić information content (AvgIpc) is 2.10. The zero-order chi connectivity index (χ0) is 6.85. The van der Waals surface area contributed by atoms with E-state index in [0.29, 0.717) is 10.7 Å². The van der Waals surface area contributed by atoms with Gasteiger partial charge in [0.15, 0.2) is 0 Å². The van der Waals surface area contributed by atoms with Gasteiger partial charge in [0.2, 0.25) is 0 Å². The maximum absolute atomic E-state index is 8.40. The molecule has 0 aliphatic rings. The molecule has 46 valence electrons. The lowest BCUT2D eigenvalue weighted by atomic mass is 10.5. The van der Waals surface area contributed by atoms with Crippen molar-refractivity contribution < 1.29 is 0 Å². The Hall–Kier alpha value is -0.940. The van der Waals surface area contributed by atoms with Gasteiger partial charge in [-0.1, -0.05) is 11.6 Å². The van der Waals surface area contributed by atoms with Crippen LogP contribution in [0.5, 0.6) is 0 Å². The molecule has 3 heteroatoms. The minimum atomic E-state index is 0.583. The number of nitriles is 1. The summed E-state index contributed by atoms with van der Waals surface area (Å²) in [5.41, 5.74) is 0.583. The van der Waals surface area contributed by atoms with Gasteiger partial charge in [-0.3, -0.25) is 0 Å². The van der Waals surface area contributed by atoms with Crippen molar-refractivity contribution in [3.8, 4) is 6.07 Å². The molecule has 0 aromatic carbocycles. The predicted octanol–water partition coefficient (Wildman–Crippen LogP) is 1.55. The molecule has 0 aliphatic carbocycles. The highest BCUT2D eigenvalue weighted by Gasteiger charge is 1.96. The Morgan fingerprint density at radius 1 is 1.78 bits per heavy atom. The number of rotatable bonds is 0. The van der Waals surface area contributed by atoms with Crippen molar-refractivity contribution in [1.29, 1.82) is 5.26 Å². The maximum atomic E-state index is 8.40. The van der Waals surface area contributed by atoms with Crippen LogP contribution in [0, 0.1) is 11.3 Å². The van der Waals surface area contributed by atoms with Crippen LogP contribution in [0.25, 0.3) is 0 Å². The van der Waals surface area contributed by atoms with Gasteiger partial charge in [0.05, 0.1) is 5.02 Å². The normalized spacial score (nSPS) is 9.00. The van der Waals surface area contributed by atoms with E-state index < -0.39 is 0 Å². The highest BCUT2D eigenvalue weighted by molar-refractivity contribution is 6.30. The first-order chi connectivity index (χ1) is 4.24. The standard InChI is InChI=1S/C6H5ClN2/c1-9-4-5(7)2-6(9)3-8/h2,4H,1H3. The maximum Gasteiger partial charge on any atom is 0.121 e. The van der Waals surface area contributed by atoms with E-state index in [1.165, 1.54) is 0 Å². The quantitative estimate of drug-likeness (QED) is 0.538. The molecule has 0 spiro atoms. The molecule has 0 saturated heterocycles. The van der Waals surface area contributed by atoms with Crippen molar-refractivity contribution in [2.45, 2.75) is 0 Å². The van der Waals surface area contributed by atoms with Gasteiger partial charge >= 0.3 is 0 Å². The second-order valence-corrected chi connectivity index (χ2v) is 2.20. The smallest absolute Gasteiger partial charge is 0.121 e. The fourth-order valence-corrected chi connectivity index (χ4v) is 0.885. The van der Waals surface area contributed by atoms with Crippen LogP contribution in [-0.2, 0) is 7.05 Å². The first-order valence-electron chi connectivity index (χ1n) is 2.46. The van der Waals surface area contributed by atoms with Crippen LogP contribution in [0.3, 0.4) is 0 Å². The molecule has 1 rings (SSSR count). The molecule has 1 aromatic heterocycles. The van der Waals surface area contributed by atoms with Crippen molar-refractivity contribution in [2.24, 2.45) is 7.05 Å². The first-order valence-corrected chi connectivity index (χ1v) is 2.84. The Labute approximate surface area is 58.3 Å². The van der Waals surface area contributed by atoms with Crippen LogP contribution in [-0.4, -0.2) is 4.57 Å². The molecule has 1 aromatic rings. The van der Waals surface area contributed by atoms with Gasteiger partial charge in [0.1, 0.15) is 11.8 Å². The number of halogens is 1. The summed E-state index contributed by atoms with van der Waals surface area (Å²) in [6.07, 6.45) is 1.69. The third-order valence-electron chi connectivity index (χ3n) is 1.09. The second kappa shape index (κ2) is 2.12. The van der Waals surface area contributed by atoms with E-state index in [-0.39, 0.29) is 0 Å². The summed E-state index contributed by atoms with van der Waals surface area (Å²) in [4.78, 5) is 0. The summed E-state index contributed by atoms with van der Waals surface area (Å²) in [5.74, 6) is 0. The Balaban J connectivity index is 3.20. The van der Waals surface area contributed by atoms with Crippen LogP contribution >= 0.6 is 11.6 Å². The third kappa shape index (κ3) is 1.06. The van der Waals surface area contributed by atoms with Gasteiger partial charge in [-0.15, -0.1) is 0 Å². The summed E-state index contributed by atoms with van der Waals surface area (Å²) in [5, 5.41) is 9.01. The molecule has 2 nitrogen and oxygen atoms in total. The van der Waals surface area contributed by atoms with Crippen molar-refractivity contribution in [3.05, 3.63) is 23.0 Å². The van der Waals surface area contributed by atoms with E-state index in [1.807, 2.05) is 6.07 Å². The molecular formula is C6H5ClN2. The topological polar surface area (TPSA) is 28.7 Å². The van der Waals surface area contributed by atoms with Crippen LogP contribution < -0.4 is 0 Å².